The predicted molar refractivity (Wildman–Crippen MR) is 198 cm³/mol. The van der Waals surface area contributed by atoms with Gasteiger partial charge in [-0.1, -0.05) is 109 Å². The number of thiophene rings is 1. The molecule has 10 aromatic rings. The van der Waals surface area contributed by atoms with Gasteiger partial charge in [-0.05, 0) is 69.8 Å². The summed E-state index contributed by atoms with van der Waals surface area (Å²) >= 11 is 1.80. The molecule has 0 spiro atoms. The van der Waals surface area contributed by atoms with Gasteiger partial charge < -0.3 is 0 Å². The highest BCUT2D eigenvalue weighted by Gasteiger charge is 2.16. The average molecular weight is 632 g/mol. The van der Waals surface area contributed by atoms with Crippen LogP contribution >= 0.6 is 11.3 Å². The summed E-state index contributed by atoms with van der Waals surface area (Å²) in [6.07, 6.45) is 0. The van der Waals surface area contributed by atoms with E-state index >= 15 is 0 Å². The topological polar surface area (TPSA) is 56.0 Å². The van der Waals surface area contributed by atoms with Gasteiger partial charge in [0, 0.05) is 26.8 Å². The molecule has 0 aliphatic rings. The van der Waals surface area contributed by atoms with E-state index < -0.39 is 0 Å². The molecule has 0 amide bonds. The van der Waals surface area contributed by atoms with Crippen molar-refractivity contribution >= 4 is 59.1 Å². The fraction of sp³-hybridized carbons (Fsp3) is 0. The minimum absolute atomic E-state index is 0.654. The van der Waals surface area contributed by atoms with E-state index in [2.05, 4.69) is 95.4 Å². The molecule has 0 unspecified atom stereocenters. The molecule has 10 rings (SSSR count). The first-order valence-corrected chi connectivity index (χ1v) is 16.7. The lowest BCUT2D eigenvalue weighted by atomic mass is 9.99. The molecule has 0 radical (unpaired) electrons. The number of hydrogen-bond donors (Lipinski definition) is 0. The molecule has 6 heteroatoms. The molecule has 0 bridgehead atoms. The Hall–Kier alpha value is -6.24. The van der Waals surface area contributed by atoms with Crippen LogP contribution in [0.3, 0.4) is 0 Å². The van der Waals surface area contributed by atoms with Gasteiger partial charge in [-0.15, -0.1) is 11.3 Å². The fourth-order valence-corrected chi connectivity index (χ4v) is 7.77. The van der Waals surface area contributed by atoms with Gasteiger partial charge in [0.1, 0.15) is 16.0 Å². The van der Waals surface area contributed by atoms with E-state index in [0.717, 1.165) is 38.6 Å². The third-order valence-corrected chi connectivity index (χ3v) is 10.2. The summed E-state index contributed by atoms with van der Waals surface area (Å²) in [7, 11) is 0. The van der Waals surface area contributed by atoms with E-state index in [1.54, 1.807) is 11.3 Å². The summed E-state index contributed by atoms with van der Waals surface area (Å²) < 4.78 is 3.53. The Balaban J connectivity index is 1.06. The molecule has 48 heavy (non-hydrogen) atoms. The number of pyridine rings is 1. The SMILES string of the molecule is c1ccc(-c2nc(-c3ccccc3)nc(-c3ccc4cc(-c5ccc6sc7c(nc8ccc9ccccc9n87)c6c5)ccc4c3)n2)cc1. The first-order chi connectivity index (χ1) is 23.7. The Morgan fingerprint density at radius 2 is 0.979 bits per heavy atom. The first kappa shape index (κ1) is 26.9. The van der Waals surface area contributed by atoms with Gasteiger partial charge in [0.15, 0.2) is 17.5 Å². The smallest absolute Gasteiger partial charge is 0.164 e. The molecule has 0 saturated carbocycles. The van der Waals surface area contributed by atoms with Crippen molar-refractivity contribution in [3.63, 3.8) is 0 Å². The lowest BCUT2D eigenvalue weighted by molar-refractivity contribution is 1.07. The molecule has 4 heterocycles. The van der Waals surface area contributed by atoms with Crippen molar-refractivity contribution in [3.8, 4) is 45.3 Å². The highest BCUT2D eigenvalue weighted by Crippen LogP contribution is 2.38. The van der Waals surface area contributed by atoms with Crippen LogP contribution in [0.2, 0.25) is 0 Å². The molecule has 4 aromatic heterocycles. The lowest BCUT2D eigenvalue weighted by Crippen LogP contribution is -2.00. The normalized spacial score (nSPS) is 11.8. The van der Waals surface area contributed by atoms with Crippen LogP contribution in [-0.4, -0.2) is 24.3 Å². The quantitative estimate of drug-likeness (QED) is 0.194. The summed E-state index contributed by atoms with van der Waals surface area (Å²) in [4.78, 5) is 21.0. The van der Waals surface area contributed by atoms with Gasteiger partial charge in [-0.25, -0.2) is 19.9 Å². The first-order valence-electron chi connectivity index (χ1n) is 15.9. The predicted octanol–water partition coefficient (Wildman–Crippen LogP) is 10.9. The van der Waals surface area contributed by atoms with Crippen LogP contribution in [0.4, 0.5) is 0 Å². The second kappa shape index (κ2) is 10.7. The zero-order valence-electron chi connectivity index (χ0n) is 25.6. The highest BCUT2D eigenvalue weighted by molar-refractivity contribution is 7.25. The molecule has 0 aliphatic carbocycles. The van der Waals surface area contributed by atoms with Gasteiger partial charge in [-0.2, -0.15) is 0 Å². The minimum Gasteiger partial charge on any atom is -0.284 e. The van der Waals surface area contributed by atoms with Crippen molar-refractivity contribution in [1.29, 1.82) is 0 Å². The minimum atomic E-state index is 0.654. The molecule has 0 aliphatic heterocycles. The molecule has 0 fully saturated rings. The summed E-state index contributed by atoms with van der Waals surface area (Å²) in [6.45, 7) is 0. The van der Waals surface area contributed by atoms with Crippen molar-refractivity contribution in [2.75, 3.05) is 0 Å². The van der Waals surface area contributed by atoms with Crippen molar-refractivity contribution in [2.24, 2.45) is 0 Å². The largest absolute Gasteiger partial charge is 0.284 e. The molecular weight excluding hydrogens is 607 g/mol. The molecule has 6 aromatic carbocycles. The van der Waals surface area contributed by atoms with Gasteiger partial charge in [-0.3, -0.25) is 4.40 Å². The average Bonchev–Trinajstić information content (AvgIpc) is 3.71. The Bertz CT molecular complexity index is 2780. The van der Waals surface area contributed by atoms with Crippen molar-refractivity contribution in [3.05, 3.63) is 152 Å². The number of aromatic nitrogens is 5. The number of fused-ring (bicyclic) bond motifs is 8. The van der Waals surface area contributed by atoms with Gasteiger partial charge in [0.05, 0.1) is 5.52 Å². The maximum Gasteiger partial charge on any atom is 0.164 e. The van der Waals surface area contributed by atoms with Crippen LogP contribution in [0.5, 0.6) is 0 Å². The van der Waals surface area contributed by atoms with Crippen LogP contribution in [0.1, 0.15) is 0 Å². The molecule has 224 valence electrons. The monoisotopic (exact) mass is 631 g/mol. The van der Waals surface area contributed by atoms with Crippen molar-refractivity contribution in [1.82, 2.24) is 24.3 Å². The second-order valence-electron chi connectivity index (χ2n) is 12.0. The Labute approximate surface area is 279 Å². The van der Waals surface area contributed by atoms with Crippen molar-refractivity contribution in [2.45, 2.75) is 0 Å². The number of para-hydroxylation sites is 1. The van der Waals surface area contributed by atoms with Crippen molar-refractivity contribution < 1.29 is 0 Å². The Morgan fingerprint density at radius 3 is 1.71 bits per heavy atom. The summed E-state index contributed by atoms with van der Waals surface area (Å²) in [5, 5.41) is 4.69. The number of hydrogen-bond acceptors (Lipinski definition) is 5. The number of nitrogens with zero attached hydrogens (tertiary/aromatic N) is 5. The summed E-state index contributed by atoms with van der Waals surface area (Å²) in [5.74, 6) is 1.97. The Morgan fingerprint density at radius 1 is 0.417 bits per heavy atom. The molecular formula is C42H25N5S. The zero-order chi connectivity index (χ0) is 31.6. The molecule has 0 N–H and O–H groups in total. The van der Waals surface area contributed by atoms with Gasteiger partial charge >= 0.3 is 0 Å². The van der Waals surface area contributed by atoms with E-state index in [1.807, 2.05) is 60.7 Å². The third-order valence-electron chi connectivity index (χ3n) is 9.02. The van der Waals surface area contributed by atoms with E-state index in [4.69, 9.17) is 19.9 Å². The second-order valence-corrected chi connectivity index (χ2v) is 13.0. The van der Waals surface area contributed by atoms with Crippen LogP contribution in [0, 0.1) is 0 Å². The molecule has 0 atom stereocenters. The van der Waals surface area contributed by atoms with Crippen LogP contribution in [0.25, 0.3) is 93.0 Å². The standard InChI is InChI=1S/C42H25N5S/c1-3-10-27(11-4-1)39-44-40(28-12-5-2-6-13-28)46-41(45-39)33-18-17-29-23-30(15-16-31(29)24-33)32-19-21-36-34(25-32)38-42(48-36)47-35-14-8-7-9-26(35)20-22-37(47)43-38/h1-25H. The van der Waals surface area contributed by atoms with Crippen LogP contribution in [-0.2, 0) is 0 Å². The van der Waals surface area contributed by atoms with Crippen LogP contribution < -0.4 is 0 Å². The molecule has 0 saturated heterocycles. The zero-order valence-corrected chi connectivity index (χ0v) is 26.4. The number of imidazole rings is 1. The van der Waals surface area contributed by atoms with E-state index in [-0.39, 0.29) is 0 Å². The highest BCUT2D eigenvalue weighted by atomic mass is 32.1. The lowest BCUT2D eigenvalue weighted by Gasteiger charge is -2.10. The van der Waals surface area contributed by atoms with E-state index in [0.29, 0.717) is 17.5 Å². The summed E-state index contributed by atoms with van der Waals surface area (Å²) in [6, 6.07) is 52.8. The fourth-order valence-electron chi connectivity index (χ4n) is 6.62. The maximum absolute atomic E-state index is 5.08. The summed E-state index contributed by atoms with van der Waals surface area (Å²) in [5.41, 5.74) is 8.43. The van der Waals surface area contributed by atoms with Crippen LogP contribution in [0.15, 0.2) is 152 Å². The number of rotatable bonds is 4. The number of benzene rings is 6. The Kier molecular flexibility index (Phi) is 5.98. The van der Waals surface area contributed by atoms with Gasteiger partial charge in [0.25, 0.3) is 0 Å². The molecule has 5 nitrogen and oxygen atoms in total. The van der Waals surface area contributed by atoms with E-state index in [9.17, 15) is 0 Å². The van der Waals surface area contributed by atoms with Gasteiger partial charge in [0.2, 0.25) is 0 Å². The van der Waals surface area contributed by atoms with E-state index in [1.165, 1.54) is 36.9 Å². The third kappa shape index (κ3) is 4.38. The maximum atomic E-state index is 5.08.